The van der Waals surface area contributed by atoms with Crippen molar-refractivity contribution >= 4 is 15.9 Å². The van der Waals surface area contributed by atoms with Crippen LogP contribution in [-0.4, -0.2) is 30.7 Å². The first kappa shape index (κ1) is 21.3. The molecule has 156 valence electrons. The molecule has 3 aromatic rings. The number of nitrogens with one attached hydrogen (secondary N) is 1. The Hall–Kier alpha value is -3.37. The number of primary sulfonamides is 1. The zero-order valence-corrected chi connectivity index (χ0v) is 16.6. The number of rotatable bonds is 7. The molecule has 0 atom stereocenters. The fraction of sp³-hybridized carbons (Fsp3) is 0.150. The molecule has 0 saturated carbocycles. The Morgan fingerprint density at radius 3 is 2.33 bits per heavy atom. The van der Waals surface area contributed by atoms with Gasteiger partial charge in [0, 0.05) is 18.2 Å². The van der Waals surface area contributed by atoms with Crippen LogP contribution in [0.1, 0.15) is 5.56 Å². The predicted octanol–water partition coefficient (Wildman–Crippen LogP) is 1.06. The van der Waals surface area contributed by atoms with E-state index in [0.29, 0.717) is 24.2 Å². The van der Waals surface area contributed by atoms with E-state index in [1.54, 1.807) is 12.1 Å². The van der Waals surface area contributed by atoms with Gasteiger partial charge in [0.2, 0.25) is 15.9 Å². The molecule has 3 N–H and O–H groups in total. The molecule has 1 amide bonds. The third kappa shape index (κ3) is 5.58. The van der Waals surface area contributed by atoms with Gasteiger partial charge in [-0.3, -0.25) is 9.59 Å². The van der Waals surface area contributed by atoms with Crippen LogP contribution in [0.25, 0.3) is 11.3 Å². The summed E-state index contributed by atoms with van der Waals surface area (Å²) in [5.74, 6) is -0.784. The molecule has 0 aliphatic heterocycles. The van der Waals surface area contributed by atoms with Crippen LogP contribution in [0.15, 0.2) is 70.4 Å². The molecule has 0 spiro atoms. The Balaban J connectivity index is 1.59. The quantitative estimate of drug-likeness (QED) is 0.580. The van der Waals surface area contributed by atoms with E-state index < -0.39 is 21.5 Å². The van der Waals surface area contributed by atoms with E-state index in [1.807, 2.05) is 0 Å². The lowest BCUT2D eigenvalue weighted by atomic mass is 10.1. The van der Waals surface area contributed by atoms with Crippen molar-refractivity contribution < 1.29 is 17.6 Å². The molecule has 0 aliphatic carbocycles. The van der Waals surface area contributed by atoms with Crippen LogP contribution >= 0.6 is 0 Å². The van der Waals surface area contributed by atoms with Crippen molar-refractivity contribution in [1.29, 1.82) is 0 Å². The fourth-order valence-electron chi connectivity index (χ4n) is 2.72. The molecule has 0 saturated heterocycles. The Kier molecular flexibility index (Phi) is 6.38. The normalized spacial score (nSPS) is 11.3. The van der Waals surface area contributed by atoms with Gasteiger partial charge in [-0.1, -0.05) is 12.1 Å². The van der Waals surface area contributed by atoms with Crippen LogP contribution in [0.4, 0.5) is 4.39 Å². The molecule has 0 unspecified atom stereocenters. The van der Waals surface area contributed by atoms with Crippen molar-refractivity contribution in [3.8, 4) is 11.3 Å². The highest BCUT2D eigenvalue weighted by atomic mass is 32.2. The number of nitrogens with two attached hydrogens (primary N) is 1. The van der Waals surface area contributed by atoms with E-state index in [0.717, 1.165) is 10.2 Å². The van der Waals surface area contributed by atoms with E-state index in [-0.39, 0.29) is 17.3 Å². The first-order chi connectivity index (χ1) is 14.2. The first-order valence-corrected chi connectivity index (χ1v) is 10.5. The number of carbonyl (C=O) groups is 1. The van der Waals surface area contributed by atoms with Gasteiger partial charge in [-0.15, -0.1) is 0 Å². The average molecular weight is 430 g/mol. The van der Waals surface area contributed by atoms with Crippen molar-refractivity contribution in [3.63, 3.8) is 0 Å². The maximum absolute atomic E-state index is 13.1. The van der Waals surface area contributed by atoms with Gasteiger partial charge in [0.25, 0.3) is 5.56 Å². The lowest BCUT2D eigenvalue weighted by molar-refractivity contribution is -0.121. The van der Waals surface area contributed by atoms with Gasteiger partial charge in [-0.05, 0) is 54.4 Å². The zero-order valence-electron chi connectivity index (χ0n) is 15.8. The number of nitrogens with zero attached hydrogens (tertiary/aromatic N) is 2. The summed E-state index contributed by atoms with van der Waals surface area (Å²) in [6.07, 6.45) is 0.467. The summed E-state index contributed by atoms with van der Waals surface area (Å²) in [4.78, 5) is 24.2. The van der Waals surface area contributed by atoms with E-state index in [4.69, 9.17) is 5.14 Å². The highest BCUT2D eigenvalue weighted by molar-refractivity contribution is 7.89. The SMILES string of the molecule is NS(=O)(=O)c1ccc(CCNC(=O)Cn2nc(-c3ccc(F)cc3)ccc2=O)cc1. The van der Waals surface area contributed by atoms with Gasteiger partial charge in [0.15, 0.2) is 0 Å². The molecule has 0 bridgehead atoms. The minimum absolute atomic E-state index is 0.0155. The zero-order chi connectivity index (χ0) is 21.7. The largest absolute Gasteiger partial charge is 0.354 e. The molecule has 0 fully saturated rings. The number of carbonyl (C=O) groups excluding carboxylic acids is 1. The number of amides is 1. The first-order valence-electron chi connectivity index (χ1n) is 8.95. The summed E-state index contributed by atoms with van der Waals surface area (Å²) in [6, 6.07) is 14.5. The van der Waals surface area contributed by atoms with Crippen LogP contribution in [-0.2, 0) is 27.8 Å². The third-order valence-corrected chi connectivity index (χ3v) is 5.22. The van der Waals surface area contributed by atoms with Crippen LogP contribution in [0.3, 0.4) is 0 Å². The molecule has 1 aromatic heterocycles. The molecular weight excluding hydrogens is 411 g/mol. The standard InChI is InChI=1S/C20H19FN4O4S/c21-16-5-3-15(4-6-16)18-9-10-20(27)25(24-18)13-19(26)23-12-11-14-1-7-17(8-2-14)30(22,28)29/h1-10H,11-13H2,(H,23,26)(H2,22,28,29). The van der Waals surface area contributed by atoms with Crippen molar-refractivity contribution in [1.82, 2.24) is 15.1 Å². The number of aromatic nitrogens is 2. The summed E-state index contributed by atoms with van der Waals surface area (Å²) in [5, 5.41) is 11.9. The topological polar surface area (TPSA) is 124 Å². The van der Waals surface area contributed by atoms with E-state index in [2.05, 4.69) is 10.4 Å². The lowest BCUT2D eigenvalue weighted by Gasteiger charge is -2.09. The van der Waals surface area contributed by atoms with Gasteiger partial charge in [0.05, 0.1) is 10.6 Å². The molecule has 10 heteroatoms. The molecule has 2 aromatic carbocycles. The Morgan fingerprint density at radius 1 is 1.03 bits per heavy atom. The summed E-state index contributed by atoms with van der Waals surface area (Å²) in [7, 11) is -3.75. The molecule has 0 aliphatic rings. The Bertz CT molecular complexity index is 1210. The molecule has 3 rings (SSSR count). The van der Waals surface area contributed by atoms with Crippen molar-refractivity contribution in [3.05, 3.63) is 82.4 Å². The van der Waals surface area contributed by atoms with Gasteiger partial charge < -0.3 is 5.32 Å². The Labute approximate surface area is 172 Å². The number of sulfonamides is 1. The minimum atomic E-state index is -3.75. The average Bonchev–Trinajstić information content (AvgIpc) is 2.70. The van der Waals surface area contributed by atoms with Crippen LogP contribution < -0.4 is 16.0 Å². The number of hydrogen-bond acceptors (Lipinski definition) is 5. The van der Waals surface area contributed by atoms with Gasteiger partial charge in [-0.2, -0.15) is 5.10 Å². The summed E-state index contributed by atoms with van der Waals surface area (Å²) >= 11 is 0. The van der Waals surface area contributed by atoms with Gasteiger partial charge in [0.1, 0.15) is 12.4 Å². The van der Waals surface area contributed by atoms with Crippen LogP contribution in [0.5, 0.6) is 0 Å². The van der Waals surface area contributed by atoms with Crippen molar-refractivity contribution in [2.24, 2.45) is 5.14 Å². The fourth-order valence-corrected chi connectivity index (χ4v) is 3.24. The second-order valence-electron chi connectivity index (χ2n) is 6.51. The highest BCUT2D eigenvalue weighted by Crippen LogP contribution is 2.15. The maximum Gasteiger partial charge on any atom is 0.267 e. The summed E-state index contributed by atoms with van der Waals surface area (Å²) in [5.41, 5.74) is 1.44. The number of benzene rings is 2. The van der Waals surface area contributed by atoms with Gasteiger partial charge in [-0.25, -0.2) is 22.6 Å². The second-order valence-corrected chi connectivity index (χ2v) is 8.07. The van der Waals surface area contributed by atoms with E-state index in [9.17, 15) is 22.4 Å². The molecule has 1 heterocycles. The van der Waals surface area contributed by atoms with Gasteiger partial charge >= 0.3 is 0 Å². The number of hydrogen-bond donors (Lipinski definition) is 2. The molecule has 8 nitrogen and oxygen atoms in total. The molecule has 0 radical (unpaired) electrons. The lowest BCUT2D eigenvalue weighted by Crippen LogP contribution is -2.34. The van der Waals surface area contributed by atoms with E-state index in [1.165, 1.54) is 48.5 Å². The monoisotopic (exact) mass is 430 g/mol. The smallest absolute Gasteiger partial charge is 0.267 e. The molecular formula is C20H19FN4O4S. The molecule has 30 heavy (non-hydrogen) atoms. The van der Waals surface area contributed by atoms with Crippen LogP contribution in [0, 0.1) is 5.82 Å². The minimum Gasteiger partial charge on any atom is -0.354 e. The summed E-state index contributed by atoms with van der Waals surface area (Å²) in [6.45, 7) is 0.0260. The Morgan fingerprint density at radius 2 is 1.70 bits per heavy atom. The van der Waals surface area contributed by atoms with Crippen LogP contribution in [0.2, 0.25) is 0 Å². The highest BCUT2D eigenvalue weighted by Gasteiger charge is 2.09. The van der Waals surface area contributed by atoms with E-state index >= 15 is 0 Å². The second kappa shape index (κ2) is 8.97. The van der Waals surface area contributed by atoms with Crippen molar-refractivity contribution in [2.45, 2.75) is 17.9 Å². The van der Waals surface area contributed by atoms with Crippen molar-refractivity contribution in [2.75, 3.05) is 6.54 Å². The maximum atomic E-state index is 13.1. The number of halogens is 1. The predicted molar refractivity (Wildman–Crippen MR) is 108 cm³/mol. The summed E-state index contributed by atoms with van der Waals surface area (Å²) < 4.78 is 36.6. The third-order valence-electron chi connectivity index (χ3n) is 4.29.